The summed E-state index contributed by atoms with van der Waals surface area (Å²) < 4.78 is 34.8. The molecule has 0 aliphatic carbocycles. The molecule has 1 aliphatic rings. The molecule has 0 saturated carbocycles. The number of esters is 1. The van der Waals surface area contributed by atoms with Crippen LogP contribution in [0.1, 0.15) is 70.3 Å². The molecule has 1 fully saturated rings. The Morgan fingerprint density at radius 2 is 1.69 bits per heavy atom. The molecule has 0 bridgehead atoms. The first-order valence-electron chi connectivity index (χ1n) is 11.1. The first-order chi connectivity index (χ1) is 15.2. The van der Waals surface area contributed by atoms with Crippen LogP contribution in [-0.4, -0.2) is 48.7 Å². The number of nitrogens with zero attached hydrogens (tertiary/aromatic N) is 2. The van der Waals surface area contributed by atoms with Crippen LogP contribution >= 0.6 is 0 Å². The quantitative estimate of drug-likeness (QED) is 0.438. The fourth-order valence-corrected chi connectivity index (χ4v) is 5.72. The number of ketones is 1. The molecule has 1 aliphatic heterocycles. The average Bonchev–Trinajstić information content (AvgIpc) is 3.06. The van der Waals surface area contributed by atoms with Gasteiger partial charge in [0.05, 0.1) is 10.5 Å². The Labute approximate surface area is 190 Å². The number of hydrogen-bond donors (Lipinski definition) is 0. The van der Waals surface area contributed by atoms with E-state index in [2.05, 4.69) is 11.5 Å². The summed E-state index contributed by atoms with van der Waals surface area (Å²) in [6, 6.07) is 6.30. The Morgan fingerprint density at radius 1 is 1.00 bits per heavy atom. The van der Waals surface area contributed by atoms with Crippen molar-refractivity contribution in [3.63, 3.8) is 0 Å². The van der Waals surface area contributed by atoms with Crippen LogP contribution in [0, 0.1) is 20.8 Å². The van der Waals surface area contributed by atoms with Crippen LogP contribution < -0.4 is 0 Å². The van der Waals surface area contributed by atoms with E-state index >= 15 is 0 Å². The lowest BCUT2D eigenvalue weighted by Crippen LogP contribution is -2.35. The molecule has 8 heteroatoms. The van der Waals surface area contributed by atoms with Crippen LogP contribution in [-0.2, 0) is 21.3 Å². The molecule has 0 radical (unpaired) electrons. The normalized spacial score (nSPS) is 15.0. The molecule has 1 aromatic carbocycles. The van der Waals surface area contributed by atoms with E-state index in [9.17, 15) is 18.0 Å². The van der Waals surface area contributed by atoms with Crippen molar-refractivity contribution in [2.45, 2.75) is 64.8 Å². The molecule has 0 N–H and O–H groups in total. The number of carbonyl (C=O) groups excluding carboxylic acids is 2. The highest BCUT2D eigenvalue weighted by molar-refractivity contribution is 7.89. The van der Waals surface area contributed by atoms with Crippen LogP contribution in [0.25, 0.3) is 0 Å². The molecular weight excluding hydrogens is 428 g/mol. The third-order valence-electron chi connectivity index (χ3n) is 6.04. The molecular formula is C24H32N2O5S. The summed E-state index contributed by atoms with van der Waals surface area (Å²) in [7, 11) is -3.67. The first-order valence-corrected chi connectivity index (χ1v) is 12.6. The van der Waals surface area contributed by atoms with Crippen LogP contribution in [0.3, 0.4) is 0 Å². The molecule has 0 atom stereocenters. The Kier molecular flexibility index (Phi) is 7.56. The van der Waals surface area contributed by atoms with Crippen molar-refractivity contribution in [3.8, 4) is 0 Å². The molecule has 0 amide bonds. The van der Waals surface area contributed by atoms with Crippen molar-refractivity contribution in [1.82, 2.24) is 8.87 Å². The summed E-state index contributed by atoms with van der Waals surface area (Å²) in [6.45, 7) is 9.03. The number of ether oxygens (including phenoxy) is 1. The van der Waals surface area contributed by atoms with Crippen molar-refractivity contribution in [2.75, 3.05) is 19.7 Å². The number of rotatable bonds is 8. The van der Waals surface area contributed by atoms with Crippen molar-refractivity contribution in [2.24, 2.45) is 0 Å². The maximum atomic E-state index is 13.0. The van der Waals surface area contributed by atoms with Gasteiger partial charge in [-0.05, 0) is 63.8 Å². The molecule has 174 valence electrons. The third-order valence-corrected chi connectivity index (χ3v) is 7.93. The zero-order valence-corrected chi connectivity index (χ0v) is 20.1. The van der Waals surface area contributed by atoms with Crippen LogP contribution in [0.4, 0.5) is 0 Å². The highest BCUT2D eigenvalue weighted by Gasteiger charge is 2.27. The van der Waals surface area contributed by atoms with Gasteiger partial charge in [0.25, 0.3) is 0 Å². The van der Waals surface area contributed by atoms with Gasteiger partial charge < -0.3 is 9.30 Å². The Balaban J connectivity index is 1.75. The Morgan fingerprint density at radius 3 is 2.34 bits per heavy atom. The van der Waals surface area contributed by atoms with Gasteiger partial charge in [-0.2, -0.15) is 4.31 Å². The number of aromatic nitrogens is 1. The lowest BCUT2D eigenvalue weighted by molar-refractivity contribution is 0.0473. The number of benzene rings is 1. The zero-order chi connectivity index (χ0) is 23.5. The molecule has 0 unspecified atom stereocenters. The monoisotopic (exact) mass is 460 g/mol. The van der Waals surface area contributed by atoms with Crippen LogP contribution in [0.5, 0.6) is 0 Å². The number of hydrogen-bond acceptors (Lipinski definition) is 5. The SMILES string of the molecule is CCCn1c(C)cc(C(=O)COC(=O)c2cc(S(=O)(=O)N3CCCCC3)ccc2C)c1C. The summed E-state index contributed by atoms with van der Waals surface area (Å²) in [6.07, 6.45) is 3.64. The van der Waals surface area contributed by atoms with Crippen molar-refractivity contribution >= 4 is 21.8 Å². The minimum atomic E-state index is -3.67. The third kappa shape index (κ3) is 4.96. The number of carbonyl (C=O) groups is 2. The Hall–Kier alpha value is -2.45. The van der Waals surface area contributed by atoms with Gasteiger partial charge in [0.2, 0.25) is 15.8 Å². The van der Waals surface area contributed by atoms with E-state index in [1.807, 2.05) is 19.9 Å². The maximum Gasteiger partial charge on any atom is 0.338 e. The minimum absolute atomic E-state index is 0.0754. The number of Topliss-reactive ketones (excluding diaryl/α,β-unsaturated/α-hetero) is 1. The van der Waals surface area contributed by atoms with Gasteiger partial charge in [0.1, 0.15) is 0 Å². The smallest absolute Gasteiger partial charge is 0.338 e. The number of sulfonamides is 1. The van der Waals surface area contributed by atoms with E-state index in [-0.39, 0.29) is 16.2 Å². The first kappa shape index (κ1) is 24.2. The number of piperidine rings is 1. The van der Waals surface area contributed by atoms with Crippen molar-refractivity contribution in [1.29, 1.82) is 0 Å². The summed E-state index contributed by atoms with van der Waals surface area (Å²) in [5, 5.41) is 0. The zero-order valence-electron chi connectivity index (χ0n) is 19.3. The van der Waals surface area contributed by atoms with Crippen molar-refractivity contribution in [3.05, 3.63) is 52.3 Å². The molecule has 1 saturated heterocycles. The maximum absolute atomic E-state index is 13.0. The predicted octanol–water partition coefficient (Wildman–Crippen LogP) is 4.04. The minimum Gasteiger partial charge on any atom is -0.454 e. The lowest BCUT2D eigenvalue weighted by Gasteiger charge is -2.26. The summed E-state index contributed by atoms with van der Waals surface area (Å²) in [4.78, 5) is 25.5. The average molecular weight is 461 g/mol. The molecule has 32 heavy (non-hydrogen) atoms. The van der Waals surface area contributed by atoms with Gasteiger partial charge in [0.15, 0.2) is 6.61 Å². The topological polar surface area (TPSA) is 85.7 Å². The van der Waals surface area contributed by atoms with Crippen LogP contribution in [0.15, 0.2) is 29.2 Å². The molecule has 7 nitrogen and oxygen atoms in total. The fourth-order valence-electron chi connectivity index (χ4n) is 4.17. The number of aryl methyl sites for hydroxylation is 2. The molecule has 1 aromatic heterocycles. The summed E-state index contributed by atoms with van der Waals surface area (Å²) in [5.74, 6) is -0.975. The van der Waals surface area contributed by atoms with Gasteiger partial charge in [-0.25, -0.2) is 13.2 Å². The second-order valence-electron chi connectivity index (χ2n) is 8.38. The van der Waals surface area contributed by atoms with Crippen molar-refractivity contribution < 1.29 is 22.7 Å². The Bertz CT molecular complexity index is 1110. The fraction of sp³-hybridized carbons (Fsp3) is 0.500. The predicted molar refractivity (Wildman–Crippen MR) is 123 cm³/mol. The van der Waals surface area contributed by atoms with E-state index in [1.54, 1.807) is 13.0 Å². The highest BCUT2D eigenvalue weighted by atomic mass is 32.2. The van der Waals surface area contributed by atoms with E-state index in [0.29, 0.717) is 24.2 Å². The van der Waals surface area contributed by atoms with Gasteiger partial charge in [0, 0.05) is 36.6 Å². The van der Waals surface area contributed by atoms with E-state index < -0.39 is 22.6 Å². The summed E-state index contributed by atoms with van der Waals surface area (Å²) >= 11 is 0. The molecule has 2 heterocycles. The van der Waals surface area contributed by atoms with Gasteiger partial charge in [-0.3, -0.25) is 4.79 Å². The lowest BCUT2D eigenvalue weighted by atomic mass is 10.1. The van der Waals surface area contributed by atoms with Crippen LogP contribution in [0.2, 0.25) is 0 Å². The highest BCUT2D eigenvalue weighted by Crippen LogP contribution is 2.23. The van der Waals surface area contributed by atoms with E-state index in [1.165, 1.54) is 16.4 Å². The largest absolute Gasteiger partial charge is 0.454 e. The molecule has 2 aromatic rings. The van der Waals surface area contributed by atoms with Gasteiger partial charge in [-0.15, -0.1) is 0 Å². The van der Waals surface area contributed by atoms with E-state index in [4.69, 9.17) is 4.74 Å². The van der Waals surface area contributed by atoms with Gasteiger partial charge in [-0.1, -0.05) is 19.4 Å². The second kappa shape index (κ2) is 10.0. The van der Waals surface area contributed by atoms with E-state index in [0.717, 1.165) is 43.6 Å². The summed E-state index contributed by atoms with van der Waals surface area (Å²) in [5.41, 5.74) is 3.15. The molecule has 0 spiro atoms. The second-order valence-corrected chi connectivity index (χ2v) is 10.3. The standard InChI is InChI=1S/C24H32N2O5S/c1-5-11-26-18(3)14-22(19(26)4)23(27)16-31-24(28)21-15-20(10-9-17(21)2)32(29,30)25-12-7-6-8-13-25/h9-10,14-15H,5-8,11-13,16H2,1-4H3. The molecule has 3 rings (SSSR count). The van der Waals surface area contributed by atoms with Gasteiger partial charge >= 0.3 is 5.97 Å².